The maximum Gasteiger partial charge on any atom is 0.308 e. The minimum atomic E-state index is -0.739. The summed E-state index contributed by atoms with van der Waals surface area (Å²) in [6.45, 7) is 1.07. The second-order valence-electron chi connectivity index (χ2n) is 6.70. The van der Waals surface area contributed by atoms with E-state index >= 15 is 0 Å². The van der Waals surface area contributed by atoms with Crippen LogP contribution >= 0.6 is 23.2 Å². The van der Waals surface area contributed by atoms with E-state index < -0.39 is 5.97 Å². The van der Waals surface area contributed by atoms with Crippen LogP contribution in [0.3, 0.4) is 0 Å². The molecule has 2 heterocycles. The van der Waals surface area contributed by atoms with E-state index in [1.54, 1.807) is 24.5 Å². The molecule has 1 aliphatic heterocycles. The number of halogens is 2. The van der Waals surface area contributed by atoms with Gasteiger partial charge in [-0.15, -0.1) is 0 Å². The first-order valence-corrected chi connectivity index (χ1v) is 9.14. The predicted molar refractivity (Wildman–Crippen MR) is 97.9 cm³/mol. The molecule has 0 amide bonds. The minimum absolute atomic E-state index is 0.285. The highest BCUT2D eigenvalue weighted by Crippen LogP contribution is 2.55. The summed E-state index contributed by atoms with van der Waals surface area (Å²) in [5, 5.41) is 10.4. The van der Waals surface area contributed by atoms with Crippen molar-refractivity contribution in [2.24, 2.45) is 5.92 Å². The van der Waals surface area contributed by atoms with Crippen molar-refractivity contribution in [3.05, 3.63) is 46.2 Å². The maximum absolute atomic E-state index is 11.3. The maximum atomic E-state index is 11.3. The lowest BCUT2D eigenvalue weighted by Gasteiger charge is -2.25. The first kappa shape index (κ1) is 17.4. The summed E-state index contributed by atoms with van der Waals surface area (Å²) in [5.74, 6) is 0.0231. The fraction of sp³-hybridized carbons (Fsp3) is 0.389. The summed E-state index contributed by atoms with van der Waals surface area (Å²) in [4.78, 5) is 22.1. The monoisotopic (exact) mass is 393 g/mol. The lowest BCUT2D eigenvalue weighted by molar-refractivity contribution is -0.138. The number of ether oxygens (including phenoxy) is 1. The number of rotatable bonds is 5. The van der Waals surface area contributed by atoms with Crippen molar-refractivity contribution >= 4 is 35.1 Å². The number of aromatic nitrogens is 2. The van der Waals surface area contributed by atoms with E-state index in [0.717, 1.165) is 24.9 Å². The summed E-state index contributed by atoms with van der Waals surface area (Å²) in [6.07, 6.45) is 5.72. The first-order chi connectivity index (χ1) is 12.5. The lowest BCUT2D eigenvalue weighted by atomic mass is 10.1. The van der Waals surface area contributed by atoms with Crippen molar-refractivity contribution in [3.8, 4) is 5.75 Å². The second kappa shape index (κ2) is 6.59. The van der Waals surface area contributed by atoms with Gasteiger partial charge in [-0.05, 0) is 31.4 Å². The van der Waals surface area contributed by atoms with Gasteiger partial charge in [0.25, 0.3) is 0 Å². The second-order valence-corrected chi connectivity index (χ2v) is 7.54. The fourth-order valence-electron chi connectivity index (χ4n) is 3.71. The minimum Gasteiger partial charge on any atom is -0.486 e. The number of nitrogens with zero attached hydrogens (tertiary/aromatic N) is 3. The van der Waals surface area contributed by atoms with Gasteiger partial charge in [-0.3, -0.25) is 4.79 Å². The average molecular weight is 394 g/mol. The van der Waals surface area contributed by atoms with E-state index in [2.05, 4.69) is 9.97 Å². The van der Waals surface area contributed by atoms with Crippen molar-refractivity contribution in [2.75, 3.05) is 11.4 Å². The topological polar surface area (TPSA) is 75.5 Å². The summed E-state index contributed by atoms with van der Waals surface area (Å²) < 4.78 is 5.69. The Morgan fingerprint density at radius 3 is 2.77 bits per heavy atom. The van der Waals surface area contributed by atoms with Crippen LogP contribution < -0.4 is 9.64 Å². The number of carbonyl (C=O) groups is 1. The smallest absolute Gasteiger partial charge is 0.308 e. The quantitative estimate of drug-likeness (QED) is 0.832. The van der Waals surface area contributed by atoms with E-state index in [4.69, 9.17) is 27.9 Å². The van der Waals surface area contributed by atoms with Crippen LogP contribution in [-0.4, -0.2) is 33.1 Å². The van der Waals surface area contributed by atoms with E-state index in [0.29, 0.717) is 28.2 Å². The van der Waals surface area contributed by atoms with Crippen molar-refractivity contribution < 1.29 is 14.6 Å². The van der Waals surface area contributed by atoms with Crippen molar-refractivity contribution in [1.29, 1.82) is 0 Å². The molecule has 1 saturated heterocycles. The van der Waals surface area contributed by atoms with Crippen LogP contribution in [0.2, 0.25) is 10.0 Å². The van der Waals surface area contributed by atoms with Gasteiger partial charge in [0.2, 0.25) is 5.95 Å². The Morgan fingerprint density at radius 2 is 2.12 bits per heavy atom. The fourth-order valence-corrected chi connectivity index (χ4v) is 4.17. The van der Waals surface area contributed by atoms with Crippen LogP contribution in [0, 0.1) is 5.92 Å². The van der Waals surface area contributed by atoms with Gasteiger partial charge in [-0.1, -0.05) is 29.3 Å². The summed E-state index contributed by atoms with van der Waals surface area (Å²) in [5.41, 5.74) is 0.520. The molecule has 6 nitrogen and oxygen atoms in total. The zero-order valence-electron chi connectivity index (χ0n) is 13.9. The van der Waals surface area contributed by atoms with Crippen LogP contribution in [0.25, 0.3) is 0 Å². The van der Waals surface area contributed by atoms with Crippen molar-refractivity contribution in [3.63, 3.8) is 0 Å². The molecule has 26 heavy (non-hydrogen) atoms. The third-order valence-corrected chi connectivity index (χ3v) is 5.73. The number of carboxylic acids is 1. The molecule has 1 aromatic heterocycles. The molecule has 2 aromatic rings. The molecule has 1 spiro atoms. The van der Waals surface area contributed by atoms with Crippen LogP contribution in [0.5, 0.6) is 5.75 Å². The standard InChI is InChI=1S/C18H17Cl2N3O3/c19-12-3-2-11(15(20)6-12)10-26-13-8-21-17(22-9-13)23-5-1-4-18(23)7-14(18)16(24)25/h2-3,6,8-9,14H,1,4-5,7,10H2,(H,24,25)/t14-,18+/m1/s1. The van der Waals surface area contributed by atoms with E-state index in [9.17, 15) is 9.90 Å². The van der Waals surface area contributed by atoms with Gasteiger partial charge in [0.15, 0.2) is 5.75 Å². The number of carboxylic acid groups (broad SMARTS) is 1. The van der Waals surface area contributed by atoms with Crippen molar-refractivity contribution in [1.82, 2.24) is 9.97 Å². The molecule has 1 N–H and O–H groups in total. The Bertz CT molecular complexity index is 846. The molecule has 2 fully saturated rings. The molecule has 0 radical (unpaired) electrons. The van der Waals surface area contributed by atoms with Crippen LogP contribution in [0.4, 0.5) is 5.95 Å². The van der Waals surface area contributed by atoms with E-state index in [-0.39, 0.29) is 18.1 Å². The Hall–Kier alpha value is -2.05. The lowest BCUT2D eigenvalue weighted by Crippen LogP contribution is -2.35. The molecule has 2 aliphatic rings. The molecule has 136 valence electrons. The van der Waals surface area contributed by atoms with Crippen LogP contribution in [0.1, 0.15) is 24.8 Å². The Balaban J connectivity index is 1.43. The third kappa shape index (κ3) is 3.08. The van der Waals surface area contributed by atoms with Gasteiger partial charge in [-0.25, -0.2) is 9.97 Å². The SMILES string of the molecule is O=C(O)[C@H]1C[C@@]12CCCN2c1ncc(OCc2ccc(Cl)cc2Cl)cn1. The molecule has 0 bridgehead atoms. The van der Waals surface area contributed by atoms with Gasteiger partial charge in [0, 0.05) is 22.2 Å². The zero-order chi connectivity index (χ0) is 18.3. The third-order valence-electron chi connectivity index (χ3n) is 5.14. The number of aliphatic carboxylic acids is 1. The van der Waals surface area contributed by atoms with E-state index in [1.165, 1.54) is 0 Å². The largest absolute Gasteiger partial charge is 0.486 e. The molecule has 8 heteroatoms. The highest BCUT2D eigenvalue weighted by atomic mass is 35.5. The predicted octanol–water partition coefficient (Wildman–Crippen LogP) is 3.81. The summed E-state index contributed by atoms with van der Waals surface area (Å²) >= 11 is 12.0. The first-order valence-electron chi connectivity index (χ1n) is 8.39. The Kier molecular flexibility index (Phi) is 4.40. The van der Waals surface area contributed by atoms with Gasteiger partial charge in [-0.2, -0.15) is 0 Å². The number of hydrogen-bond acceptors (Lipinski definition) is 5. The highest BCUT2D eigenvalue weighted by Gasteiger charge is 2.64. The summed E-state index contributed by atoms with van der Waals surface area (Å²) in [7, 11) is 0. The van der Waals surface area contributed by atoms with E-state index in [1.807, 2.05) is 11.0 Å². The molecule has 2 atom stereocenters. The normalized spacial score (nSPS) is 24.1. The summed E-state index contributed by atoms with van der Waals surface area (Å²) in [6, 6.07) is 5.24. The molecular formula is C18H17Cl2N3O3. The Morgan fingerprint density at radius 1 is 1.35 bits per heavy atom. The molecule has 0 unspecified atom stereocenters. The van der Waals surface area contributed by atoms with Crippen LogP contribution in [0.15, 0.2) is 30.6 Å². The highest BCUT2D eigenvalue weighted by molar-refractivity contribution is 6.35. The van der Waals surface area contributed by atoms with Gasteiger partial charge in [0.05, 0.1) is 23.9 Å². The zero-order valence-corrected chi connectivity index (χ0v) is 15.4. The molecule has 4 rings (SSSR count). The van der Waals surface area contributed by atoms with Gasteiger partial charge in [0.1, 0.15) is 6.61 Å². The molecule has 1 aliphatic carbocycles. The molecule has 1 saturated carbocycles. The Labute approximate surface area is 160 Å². The van der Waals surface area contributed by atoms with Crippen molar-refractivity contribution in [2.45, 2.75) is 31.4 Å². The number of hydrogen-bond donors (Lipinski definition) is 1. The number of benzene rings is 1. The van der Waals surface area contributed by atoms with Crippen LogP contribution in [-0.2, 0) is 11.4 Å². The number of anilines is 1. The average Bonchev–Trinajstić information content (AvgIpc) is 3.19. The molecule has 1 aromatic carbocycles. The molecular weight excluding hydrogens is 377 g/mol. The van der Waals surface area contributed by atoms with Gasteiger partial charge < -0.3 is 14.7 Å². The van der Waals surface area contributed by atoms with Gasteiger partial charge >= 0.3 is 5.97 Å².